The fourth-order valence-electron chi connectivity index (χ4n) is 4.20. The van der Waals surface area contributed by atoms with Crippen LogP contribution in [0.4, 0.5) is 11.4 Å². The van der Waals surface area contributed by atoms with Gasteiger partial charge in [-0.15, -0.1) is 0 Å². The van der Waals surface area contributed by atoms with Gasteiger partial charge in [0, 0.05) is 11.9 Å². The van der Waals surface area contributed by atoms with E-state index in [0.717, 1.165) is 11.4 Å². The van der Waals surface area contributed by atoms with Crippen LogP contribution in [-0.2, 0) is 5.41 Å². The molecular weight excluding hydrogens is 316 g/mol. The van der Waals surface area contributed by atoms with Crippen molar-refractivity contribution < 1.29 is 0 Å². The number of pyridine rings is 1. The fourth-order valence-corrected chi connectivity index (χ4v) is 4.20. The molecule has 1 N–H and O–H groups in total. The zero-order valence-electron chi connectivity index (χ0n) is 14.3. The minimum atomic E-state index is -0.372. The van der Waals surface area contributed by atoms with Crippen molar-refractivity contribution in [2.75, 3.05) is 5.32 Å². The highest BCUT2D eigenvalue weighted by Gasteiger charge is 2.43. The number of nitrogens with one attached hydrogen (secondary N) is 1. The van der Waals surface area contributed by atoms with Crippen molar-refractivity contribution in [2.45, 2.75) is 5.41 Å². The molecule has 26 heavy (non-hydrogen) atoms. The van der Waals surface area contributed by atoms with Crippen LogP contribution < -0.4 is 5.32 Å². The molecule has 0 fully saturated rings. The summed E-state index contributed by atoms with van der Waals surface area (Å²) in [4.78, 5) is 4.36. The summed E-state index contributed by atoms with van der Waals surface area (Å²) < 4.78 is 0. The zero-order chi connectivity index (χ0) is 17.4. The molecule has 0 saturated heterocycles. The monoisotopic (exact) mass is 334 g/mol. The van der Waals surface area contributed by atoms with Crippen molar-refractivity contribution >= 4 is 11.4 Å². The number of benzene rings is 3. The summed E-state index contributed by atoms with van der Waals surface area (Å²) in [5.74, 6) is 0. The summed E-state index contributed by atoms with van der Waals surface area (Å²) in [5.41, 5.74) is 6.81. The highest BCUT2D eigenvalue weighted by Crippen LogP contribution is 2.52. The second-order valence-electron chi connectivity index (χ2n) is 6.57. The molecule has 2 heterocycles. The van der Waals surface area contributed by atoms with Gasteiger partial charge in [-0.3, -0.25) is 4.98 Å². The van der Waals surface area contributed by atoms with E-state index in [0.29, 0.717) is 0 Å². The van der Waals surface area contributed by atoms with Crippen molar-refractivity contribution in [3.05, 3.63) is 126 Å². The van der Waals surface area contributed by atoms with Crippen LogP contribution in [0.5, 0.6) is 0 Å². The summed E-state index contributed by atoms with van der Waals surface area (Å²) in [5, 5.41) is 3.57. The predicted octanol–water partition coefficient (Wildman–Crippen LogP) is 5.52. The number of hydrogen-bond donors (Lipinski definition) is 1. The molecule has 0 saturated carbocycles. The zero-order valence-corrected chi connectivity index (χ0v) is 14.3. The Morgan fingerprint density at radius 1 is 0.577 bits per heavy atom. The maximum atomic E-state index is 4.36. The second kappa shape index (κ2) is 5.85. The molecule has 0 radical (unpaired) electrons. The van der Waals surface area contributed by atoms with Crippen LogP contribution in [0.15, 0.2) is 103 Å². The van der Waals surface area contributed by atoms with E-state index in [2.05, 4.69) is 101 Å². The first-order valence-electron chi connectivity index (χ1n) is 8.83. The molecule has 124 valence electrons. The quantitative estimate of drug-likeness (QED) is 0.460. The molecule has 0 aliphatic carbocycles. The molecule has 0 amide bonds. The average Bonchev–Trinajstić information content (AvgIpc) is 2.73. The van der Waals surface area contributed by atoms with E-state index in [-0.39, 0.29) is 5.41 Å². The molecule has 1 aliphatic rings. The molecule has 0 unspecified atom stereocenters. The van der Waals surface area contributed by atoms with Gasteiger partial charge in [-0.05, 0) is 34.4 Å². The molecular formula is C24H18N2. The highest BCUT2D eigenvalue weighted by molar-refractivity contribution is 5.81. The second-order valence-corrected chi connectivity index (χ2v) is 6.57. The Kier molecular flexibility index (Phi) is 3.36. The van der Waals surface area contributed by atoms with Crippen molar-refractivity contribution in [1.29, 1.82) is 0 Å². The van der Waals surface area contributed by atoms with Crippen LogP contribution in [0.3, 0.4) is 0 Å². The van der Waals surface area contributed by atoms with E-state index in [1.54, 1.807) is 0 Å². The van der Waals surface area contributed by atoms with Gasteiger partial charge in [0.05, 0.1) is 17.3 Å². The Balaban J connectivity index is 1.97. The lowest BCUT2D eigenvalue weighted by atomic mass is 9.63. The number of fused-ring (bicyclic) bond motifs is 2. The third-order valence-corrected chi connectivity index (χ3v) is 5.24. The Morgan fingerprint density at radius 2 is 1.15 bits per heavy atom. The predicted molar refractivity (Wildman–Crippen MR) is 106 cm³/mol. The molecule has 0 bridgehead atoms. The Labute approximate surface area is 153 Å². The van der Waals surface area contributed by atoms with Crippen molar-refractivity contribution in [2.24, 2.45) is 0 Å². The number of hydrogen-bond acceptors (Lipinski definition) is 2. The van der Waals surface area contributed by atoms with E-state index in [1.165, 1.54) is 22.3 Å². The number of nitrogens with zero attached hydrogens (tertiary/aromatic N) is 1. The van der Waals surface area contributed by atoms with Gasteiger partial charge in [0.2, 0.25) is 0 Å². The molecule has 0 spiro atoms. The van der Waals surface area contributed by atoms with Crippen molar-refractivity contribution in [3.63, 3.8) is 0 Å². The third kappa shape index (κ3) is 2.02. The highest BCUT2D eigenvalue weighted by atomic mass is 14.9. The molecule has 2 heteroatoms. The maximum Gasteiger partial charge on any atom is 0.0743 e. The van der Waals surface area contributed by atoms with E-state index in [9.17, 15) is 0 Å². The van der Waals surface area contributed by atoms with E-state index in [4.69, 9.17) is 0 Å². The summed E-state index contributed by atoms with van der Waals surface area (Å²) in [7, 11) is 0. The lowest BCUT2D eigenvalue weighted by molar-refractivity contribution is 0.738. The standard InChI is InChI=1S/C24H18N2/c1-3-9-18(10-4-1)24(19-11-5-2-6-12-19)20-13-7-8-14-22(20)26-23-17-25-16-15-21(23)24/h1-17,26H. The lowest BCUT2D eigenvalue weighted by Crippen LogP contribution is -2.35. The van der Waals surface area contributed by atoms with E-state index >= 15 is 0 Å². The van der Waals surface area contributed by atoms with Crippen LogP contribution in [0.25, 0.3) is 0 Å². The van der Waals surface area contributed by atoms with Gasteiger partial charge in [0.25, 0.3) is 0 Å². The molecule has 3 aromatic carbocycles. The van der Waals surface area contributed by atoms with E-state index in [1.807, 2.05) is 12.4 Å². The van der Waals surface area contributed by atoms with Crippen LogP contribution >= 0.6 is 0 Å². The fraction of sp³-hybridized carbons (Fsp3) is 0.0417. The van der Waals surface area contributed by atoms with Gasteiger partial charge < -0.3 is 5.32 Å². The maximum absolute atomic E-state index is 4.36. The third-order valence-electron chi connectivity index (χ3n) is 5.24. The molecule has 4 aromatic rings. The molecule has 0 atom stereocenters. The van der Waals surface area contributed by atoms with E-state index < -0.39 is 0 Å². The Bertz CT molecular complexity index is 969. The minimum Gasteiger partial charge on any atom is -0.354 e. The lowest BCUT2D eigenvalue weighted by Gasteiger charge is -2.42. The normalized spacial score (nSPS) is 14.0. The topological polar surface area (TPSA) is 24.9 Å². The largest absolute Gasteiger partial charge is 0.354 e. The van der Waals surface area contributed by atoms with Crippen LogP contribution in [-0.4, -0.2) is 4.98 Å². The van der Waals surface area contributed by atoms with Crippen LogP contribution in [0, 0.1) is 0 Å². The number of para-hydroxylation sites is 1. The van der Waals surface area contributed by atoms with Gasteiger partial charge in [0.1, 0.15) is 0 Å². The Hall–Kier alpha value is -3.39. The first-order valence-corrected chi connectivity index (χ1v) is 8.83. The van der Waals surface area contributed by atoms with Gasteiger partial charge in [0.15, 0.2) is 0 Å². The minimum absolute atomic E-state index is 0.372. The molecule has 1 aliphatic heterocycles. The van der Waals surface area contributed by atoms with Crippen LogP contribution in [0.2, 0.25) is 0 Å². The van der Waals surface area contributed by atoms with Gasteiger partial charge >= 0.3 is 0 Å². The molecule has 1 aromatic heterocycles. The number of rotatable bonds is 2. The summed E-state index contributed by atoms with van der Waals surface area (Å²) >= 11 is 0. The first-order chi connectivity index (χ1) is 12.9. The van der Waals surface area contributed by atoms with Gasteiger partial charge in [-0.2, -0.15) is 0 Å². The van der Waals surface area contributed by atoms with Gasteiger partial charge in [-0.25, -0.2) is 0 Å². The molecule has 5 rings (SSSR count). The SMILES string of the molecule is c1ccc(C2(c3ccccc3)c3ccccc3Nc3cnccc32)cc1. The molecule has 2 nitrogen and oxygen atoms in total. The van der Waals surface area contributed by atoms with Gasteiger partial charge in [-0.1, -0.05) is 78.9 Å². The summed E-state index contributed by atoms with van der Waals surface area (Å²) in [6, 6.07) is 32.2. The first kappa shape index (κ1) is 14.9. The smallest absolute Gasteiger partial charge is 0.0743 e. The number of aromatic nitrogens is 1. The Morgan fingerprint density at radius 3 is 1.85 bits per heavy atom. The van der Waals surface area contributed by atoms with Crippen molar-refractivity contribution in [3.8, 4) is 0 Å². The summed E-state index contributed by atoms with van der Waals surface area (Å²) in [6.07, 6.45) is 3.81. The average molecular weight is 334 g/mol. The number of anilines is 2. The van der Waals surface area contributed by atoms with Crippen LogP contribution in [0.1, 0.15) is 22.3 Å². The summed E-state index contributed by atoms with van der Waals surface area (Å²) in [6.45, 7) is 0. The van der Waals surface area contributed by atoms with Crippen molar-refractivity contribution in [1.82, 2.24) is 4.98 Å².